The fraction of sp³-hybridized carbons (Fsp3) is 0.469. The molecular formula is C98H124Cl4N12O13. The maximum atomic E-state index is 12.3. The van der Waals surface area contributed by atoms with Gasteiger partial charge < -0.3 is 42.6 Å². The van der Waals surface area contributed by atoms with E-state index in [1.165, 1.54) is 11.8 Å². The summed E-state index contributed by atoms with van der Waals surface area (Å²) in [6.07, 6.45) is -1.53. The summed E-state index contributed by atoms with van der Waals surface area (Å²) >= 11 is 26.1. The van der Waals surface area contributed by atoms with E-state index < -0.39 is 42.5 Å². The molecule has 127 heavy (non-hydrogen) atoms. The molecule has 8 rings (SSSR count). The van der Waals surface area contributed by atoms with Crippen LogP contribution >= 0.6 is 46.4 Å². The molecule has 0 bridgehead atoms. The Morgan fingerprint density at radius 1 is 0.370 bits per heavy atom. The van der Waals surface area contributed by atoms with Crippen molar-refractivity contribution >= 4 is 116 Å². The quantitative estimate of drug-likeness (QED) is 0.0152. The van der Waals surface area contributed by atoms with Crippen LogP contribution in [0.1, 0.15) is 268 Å². The summed E-state index contributed by atoms with van der Waals surface area (Å²) in [7, 11) is 8.28. The number of nitriles is 4. The molecule has 4 atom stereocenters. The Hall–Kier alpha value is -11.2. The number of aromatic nitrogens is 8. The molecule has 0 fully saturated rings. The third-order valence-corrected chi connectivity index (χ3v) is 21.3. The first kappa shape index (κ1) is 106. The molecule has 0 amide bonds. The Morgan fingerprint density at radius 2 is 0.598 bits per heavy atom. The van der Waals surface area contributed by atoms with E-state index in [0.717, 1.165) is 35.1 Å². The molecule has 4 aromatic carbocycles. The van der Waals surface area contributed by atoms with Crippen molar-refractivity contribution in [3.05, 3.63) is 207 Å². The fourth-order valence-electron chi connectivity index (χ4n) is 12.5. The average Bonchev–Trinajstić information content (AvgIpc) is 1.71. The topological polar surface area (TPSA) is 318 Å². The van der Waals surface area contributed by atoms with Crippen LogP contribution in [0.5, 0.6) is 0 Å². The van der Waals surface area contributed by atoms with Crippen molar-refractivity contribution in [1.29, 1.82) is 21.0 Å². The summed E-state index contributed by atoms with van der Waals surface area (Å²) in [5.74, 6) is -0.732. The number of carbonyl (C=O) groups excluding carboxylic acids is 4. The van der Waals surface area contributed by atoms with Gasteiger partial charge in [-0.1, -0.05) is 254 Å². The summed E-state index contributed by atoms with van der Waals surface area (Å²) < 4.78 is 56.6. The van der Waals surface area contributed by atoms with E-state index in [0.29, 0.717) is 94.3 Å². The summed E-state index contributed by atoms with van der Waals surface area (Å²) in [4.78, 5) is 48.4. The van der Waals surface area contributed by atoms with Crippen LogP contribution in [-0.4, -0.2) is 102 Å². The molecule has 0 aliphatic carbocycles. The second-order valence-corrected chi connectivity index (χ2v) is 37.6. The standard InChI is InChI=1S/3C25H32ClN3O3.C23H28ClN3O4/c1-15-20(26)21(29(9)28-15)22(31-16(2)32-23(30)25(6,7)8)19(14-27)17-10-12-18(13-11-17)24(3,4)5;1-15(2)13-21(30)31-17(4)32-24(23-22(26)16(3)28-29(23)8)20(14-27)18-9-11-19(12-10-18)25(5,6)7;1-8-9-10-21(30)31-17(3)32-24(23-22(26)16(2)28-29(23)7)20(15-27)18-11-13-19(14-12-18)25(4,5)6;1-14-20(24)21(27(6)26-14)22(31-15(2)30-19(28)13-29-7)18(12-25)16-8-10-17(11-9-16)23(3,4)5/h10-13,16H,1-9H3;9-12,15,17H,13H2,1-8H3;11-14,17H,8-10H2,1-7H3;8-11,15H,13H2,1-7H3/b22-19-;2*24-20-;22-18-. The predicted octanol–water partition coefficient (Wildman–Crippen LogP) is 22.8. The average molecular weight is 1820 g/mol. The predicted molar refractivity (Wildman–Crippen MR) is 499 cm³/mol. The zero-order chi connectivity index (χ0) is 96.0. The zero-order valence-corrected chi connectivity index (χ0v) is 82.4. The highest BCUT2D eigenvalue weighted by Crippen LogP contribution is 2.41. The molecule has 4 unspecified atom stereocenters. The Kier molecular flexibility index (Phi) is 38.5. The Morgan fingerprint density at radius 3 is 0.787 bits per heavy atom. The number of aryl methyl sites for hydroxylation is 8. The van der Waals surface area contributed by atoms with Gasteiger partial charge in [-0.25, -0.2) is 4.79 Å². The minimum atomic E-state index is -0.985. The first-order valence-electron chi connectivity index (χ1n) is 41.7. The van der Waals surface area contributed by atoms with Gasteiger partial charge in [0.1, 0.15) is 76.0 Å². The monoisotopic (exact) mass is 1820 g/mol. The minimum absolute atomic E-state index is 0.0158. The number of methoxy groups -OCH3 is 1. The van der Waals surface area contributed by atoms with E-state index in [-0.39, 0.29) is 97.9 Å². The van der Waals surface area contributed by atoms with E-state index in [4.69, 9.17) is 89.0 Å². The van der Waals surface area contributed by atoms with E-state index in [1.807, 2.05) is 118 Å². The number of halogens is 4. The lowest BCUT2D eigenvalue weighted by molar-refractivity contribution is -0.174. The van der Waals surface area contributed by atoms with Gasteiger partial charge in [0, 0.05) is 75.8 Å². The SMILES string of the molecule is CCCCC(=O)OC(C)O/C(=C(/C#N)c1ccc(C(C)(C)C)cc1)c1c(Cl)c(C)nn1C.COCC(=O)OC(C)O/C(=C(/C#N)c1ccc(C(C)(C)C)cc1)c1c(Cl)c(C)nn1C.Cc1nn(C)c(/C(OC(C)OC(=O)C(C)(C)C)=C(\C#N)c2ccc(C(C)(C)C)cc2)c1Cl.Cc1nn(C)c(/C(OC(C)OC(=O)CC(C)C)=C(\C#N)c2ccc(C(C)(C)C)cc2)c1Cl. The number of carbonyl (C=O) groups is 4. The lowest BCUT2D eigenvalue weighted by Crippen LogP contribution is -2.28. The van der Waals surface area contributed by atoms with Gasteiger partial charge in [-0.3, -0.25) is 33.1 Å². The normalized spacial score (nSPS) is 13.4. The van der Waals surface area contributed by atoms with Crippen molar-refractivity contribution in [2.75, 3.05) is 13.7 Å². The number of benzene rings is 4. The molecule has 4 heterocycles. The Balaban J connectivity index is 0.000000300. The van der Waals surface area contributed by atoms with Crippen molar-refractivity contribution in [2.24, 2.45) is 39.5 Å². The van der Waals surface area contributed by atoms with Gasteiger partial charge in [0.2, 0.25) is 25.2 Å². The van der Waals surface area contributed by atoms with E-state index in [9.17, 15) is 40.2 Å². The van der Waals surface area contributed by atoms with Gasteiger partial charge in [-0.15, -0.1) is 0 Å². The van der Waals surface area contributed by atoms with Crippen molar-refractivity contribution in [2.45, 2.75) is 253 Å². The first-order chi connectivity index (χ1) is 59.0. The molecule has 29 heteroatoms. The maximum absolute atomic E-state index is 12.3. The number of ether oxygens (including phenoxy) is 9. The summed E-state index contributed by atoms with van der Waals surface area (Å²) in [6, 6.07) is 39.9. The van der Waals surface area contributed by atoms with Gasteiger partial charge in [0.05, 0.1) is 48.3 Å². The van der Waals surface area contributed by atoms with E-state index >= 15 is 0 Å². The van der Waals surface area contributed by atoms with Gasteiger partial charge >= 0.3 is 23.9 Å². The van der Waals surface area contributed by atoms with Gasteiger partial charge in [-0.2, -0.15) is 41.4 Å². The van der Waals surface area contributed by atoms with Crippen LogP contribution in [0.4, 0.5) is 0 Å². The molecule has 0 N–H and O–H groups in total. The zero-order valence-electron chi connectivity index (χ0n) is 79.3. The molecule has 25 nitrogen and oxygen atoms in total. The number of nitrogens with zero attached hydrogens (tertiary/aromatic N) is 12. The fourth-order valence-corrected chi connectivity index (χ4v) is 13.5. The molecule has 682 valence electrons. The molecule has 0 saturated heterocycles. The third-order valence-electron chi connectivity index (χ3n) is 19.5. The van der Waals surface area contributed by atoms with E-state index in [2.05, 4.69) is 128 Å². The van der Waals surface area contributed by atoms with Crippen LogP contribution in [0.25, 0.3) is 45.3 Å². The maximum Gasteiger partial charge on any atom is 0.335 e. The third kappa shape index (κ3) is 29.7. The Labute approximate surface area is 770 Å². The number of hydrogen-bond acceptors (Lipinski definition) is 21. The molecular weight excluding hydrogens is 1690 g/mol. The van der Waals surface area contributed by atoms with Crippen molar-refractivity contribution in [3.8, 4) is 24.3 Å². The number of unbranched alkanes of at least 4 members (excludes halogenated alkanes) is 1. The van der Waals surface area contributed by atoms with Gasteiger partial charge in [0.25, 0.3) is 0 Å². The first-order valence-corrected chi connectivity index (χ1v) is 43.2. The van der Waals surface area contributed by atoms with Gasteiger partial charge in [0.15, 0.2) is 23.0 Å². The van der Waals surface area contributed by atoms with Crippen LogP contribution in [0.15, 0.2) is 97.1 Å². The summed E-state index contributed by atoms with van der Waals surface area (Å²) in [5, 5.41) is 59.1. The minimum Gasteiger partial charge on any atom is -0.451 e. The smallest absolute Gasteiger partial charge is 0.335 e. The molecule has 0 saturated carbocycles. The van der Waals surface area contributed by atoms with Crippen LogP contribution < -0.4 is 0 Å². The molecule has 0 aliphatic rings. The molecule has 0 aliphatic heterocycles. The van der Waals surface area contributed by atoms with Crippen molar-refractivity contribution in [3.63, 3.8) is 0 Å². The number of rotatable bonds is 27. The number of hydrogen-bond donors (Lipinski definition) is 0. The molecule has 8 aromatic rings. The van der Waals surface area contributed by atoms with Crippen LogP contribution in [0, 0.1) is 84.4 Å². The van der Waals surface area contributed by atoms with Crippen LogP contribution in [0.2, 0.25) is 20.1 Å². The lowest BCUT2D eigenvalue weighted by atomic mass is 9.86. The lowest BCUT2D eigenvalue weighted by Gasteiger charge is -2.23. The van der Waals surface area contributed by atoms with Crippen LogP contribution in [-0.2, 0) is 112 Å². The largest absolute Gasteiger partial charge is 0.451 e. The highest BCUT2D eigenvalue weighted by molar-refractivity contribution is 6.34. The molecule has 4 aromatic heterocycles. The highest BCUT2D eigenvalue weighted by atomic mass is 35.5. The Bertz CT molecular complexity index is 5490. The van der Waals surface area contributed by atoms with E-state index in [1.54, 1.807) is 118 Å². The highest BCUT2D eigenvalue weighted by Gasteiger charge is 2.33. The summed E-state index contributed by atoms with van der Waals surface area (Å²) in [6.45, 7) is 50.0. The summed E-state index contributed by atoms with van der Waals surface area (Å²) in [5.41, 5.74) is 11.7. The van der Waals surface area contributed by atoms with Crippen LogP contribution in [0.3, 0.4) is 0 Å². The molecule has 0 spiro atoms. The second kappa shape index (κ2) is 46.0. The van der Waals surface area contributed by atoms with Crippen molar-refractivity contribution < 1.29 is 61.8 Å². The number of allylic oxidation sites excluding steroid dienone is 4. The second-order valence-electron chi connectivity index (χ2n) is 36.1. The van der Waals surface area contributed by atoms with Crippen molar-refractivity contribution in [1.82, 2.24) is 39.1 Å². The number of esters is 4. The van der Waals surface area contributed by atoms with Gasteiger partial charge in [-0.05, 0) is 127 Å². The molecule has 0 radical (unpaired) electrons.